The molecule has 0 aliphatic rings. The average molecular weight is 146 g/mol. The van der Waals surface area contributed by atoms with E-state index >= 15 is 0 Å². The third-order valence-corrected chi connectivity index (χ3v) is 0. The van der Waals surface area contributed by atoms with Crippen LogP contribution in [0.4, 0.5) is 9.59 Å². The maximum absolute atomic E-state index is 8.56. The maximum Gasteiger partial charge on any atom is 1.00 e. The second-order valence-corrected chi connectivity index (χ2v) is 0.533. The molecule has 0 bridgehead atoms. The molecule has 0 aliphatic heterocycles. The molecule has 2 N–H and O–H groups in total. The molecule has 0 rings (SSSR count). The van der Waals surface area contributed by atoms with E-state index in [-0.39, 0.29) is 31.0 Å². The molecule has 0 radical (unpaired) electrons. The molecule has 0 saturated carbocycles. The van der Waals surface area contributed by atoms with Crippen molar-refractivity contribution >= 4 is 12.3 Å². The summed E-state index contributed by atoms with van der Waals surface area (Å²) in [5, 5.41) is 30.6. The SMILES string of the molecule is O=C(O)O.O=C([O-])[O-].[H+].[Na+]. The Hall–Kier alpha value is -0.460. The van der Waals surface area contributed by atoms with Gasteiger partial charge in [-0.1, -0.05) is 0 Å². The van der Waals surface area contributed by atoms with E-state index in [9.17, 15) is 0 Å². The molecule has 48 valence electrons. The Kier molecular flexibility index (Phi) is 18.5. The quantitative estimate of drug-likeness (QED) is 0.330. The molecule has 0 unspecified atom stereocenters. The fraction of sp³-hybridized carbons (Fsp3) is 0. The van der Waals surface area contributed by atoms with Gasteiger partial charge in [0.05, 0.1) is 0 Å². The zero-order valence-electron chi connectivity index (χ0n) is 5.53. The van der Waals surface area contributed by atoms with E-state index in [1.54, 1.807) is 0 Å². The molecule has 6 nitrogen and oxygen atoms in total. The predicted octanol–water partition coefficient (Wildman–Crippen LogP) is -5.11. The Morgan fingerprint density at radius 1 is 1.22 bits per heavy atom. The van der Waals surface area contributed by atoms with Crippen molar-refractivity contribution in [2.24, 2.45) is 0 Å². The number of rotatable bonds is 0. The van der Waals surface area contributed by atoms with Gasteiger partial charge in [-0.2, -0.15) is 0 Å². The topological polar surface area (TPSA) is 121 Å². The first-order chi connectivity index (χ1) is 3.46. The molecule has 0 amide bonds. The van der Waals surface area contributed by atoms with Gasteiger partial charge in [0.25, 0.3) is 0 Å². The fourth-order valence-electron chi connectivity index (χ4n) is 0. The minimum Gasteiger partial charge on any atom is -0.652 e. The molecule has 9 heavy (non-hydrogen) atoms. The van der Waals surface area contributed by atoms with Gasteiger partial charge in [0.1, 0.15) is 0 Å². The Balaban J connectivity index is -0.0000000300. The molecule has 7 heteroatoms. The van der Waals surface area contributed by atoms with E-state index in [4.69, 9.17) is 30.0 Å². The van der Waals surface area contributed by atoms with Crippen molar-refractivity contribution in [3.8, 4) is 0 Å². The van der Waals surface area contributed by atoms with Gasteiger partial charge in [0.15, 0.2) is 0 Å². The van der Waals surface area contributed by atoms with Crippen LogP contribution >= 0.6 is 0 Å². The van der Waals surface area contributed by atoms with E-state index in [1.165, 1.54) is 0 Å². The molecule has 0 saturated heterocycles. The minimum atomic E-state index is -2.33. The number of hydrogen-bond donors (Lipinski definition) is 2. The Morgan fingerprint density at radius 3 is 1.22 bits per heavy atom. The molecule has 0 aromatic rings. The van der Waals surface area contributed by atoms with Crippen molar-refractivity contribution in [3.05, 3.63) is 0 Å². The monoisotopic (exact) mass is 146 g/mol. The van der Waals surface area contributed by atoms with Crippen LogP contribution in [0.3, 0.4) is 0 Å². The van der Waals surface area contributed by atoms with Crippen LogP contribution in [0.25, 0.3) is 0 Å². The first-order valence-electron chi connectivity index (χ1n) is 1.26. The number of hydrogen-bond acceptors (Lipinski definition) is 4. The van der Waals surface area contributed by atoms with Crippen LogP contribution in [0.2, 0.25) is 0 Å². The van der Waals surface area contributed by atoms with Crippen LogP contribution in [-0.4, -0.2) is 22.5 Å². The Morgan fingerprint density at radius 2 is 1.22 bits per heavy atom. The maximum atomic E-state index is 8.56. The fourth-order valence-corrected chi connectivity index (χ4v) is 0. The van der Waals surface area contributed by atoms with Gasteiger partial charge in [-0.05, 0) is 6.16 Å². The Labute approximate surface area is 73.5 Å². The van der Waals surface area contributed by atoms with Crippen molar-refractivity contribution in [3.63, 3.8) is 0 Å². The second kappa shape index (κ2) is 10.5. The molecule has 0 heterocycles. The van der Waals surface area contributed by atoms with Crippen LogP contribution in [0.5, 0.6) is 0 Å². The summed E-state index contributed by atoms with van der Waals surface area (Å²) in [7, 11) is 0. The Bertz CT molecular complexity index is 73.7. The van der Waals surface area contributed by atoms with Crippen LogP contribution < -0.4 is 39.8 Å². The minimum absolute atomic E-state index is 0. The van der Waals surface area contributed by atoms with Crippen LogP contribution in [0.1, 0.15) is 1.43 Å². The largest absolute Gasteiger partial charge is 1.00 e. The zero-order valence-corrected chi connectivity index (χ0v) is 6.53. The zero-order chi connectivity index (χ0) is 7.15. The summed E-state index contributed by atoms with van der Waals surface area (Å²) in [5.41, 5.74) is 0. The molecular weight excluding hydrogens is 143 g/mol. The van der Waals surface area contributed by atoms with Gasteiger partial charge < -0.3 is 25.2 Å². The summed E-state index contributed by atoms with van der Waals surface area (Å²) in [6.07, 6.45) is -4.17. The van der Waals surface area contributed by atoms with Gasteiger partial charge >= 0.3 is 37.1 Å². The number of carbonyl (C=O) groups is 2. The molecule has 0 fully saturated rings. The van der Waals surface area contributed by atoms with Gasteiger partial charge in [-0.25, -0.2) is 4.79 Å². The van der Waals surface area contributed by atoms with Crippen molar-refractivity contribution in [2.75, 3.05) is 0 Å². The molecule has 0 atom stereocenters. The average Bonchev–Trinajstić information content (AvgIpc) is 1.25. The van der Waals surface area contributed by atoms with Gasteiger partial charge in [0, 0.05) is 0 Å². The van der Waals surface area contributed by atoms with Crippen LogP contribution in [-0.2, 0) is 0 Å². The van der Waals surface area contributed by atoms with E-state index < -0.39 is 12.3 Å². The molecule has 0 aromatic heterocycles. The summed E-state index contributed by atoms with van der Waals surface area (Å²) in [6, 6.07) is 0. The van der Waals surface area contributed by atoms with Crippen molar-refractivity contribution < 1.29 is 61.0 Å². The third kappa shape index (κ3) is 1090. The summed E-state index contributed by atoms with van der Waals surface area (Å²) < 4.78 is 0. The van der Waals surface area contributed by atoms with Gasteiger partial charge in [0.2, 0.25) is 0 Å². The van der Waals surface area contributed by atoms with Crippen LogP contribution in [0.15, 0.2) is 0 Å². The molecule has 0 aliphatic carbocycles. The van der Waals surface area contributed by atoms with E-state index in [0.717, 1.165) is 0 Å². The summed E-state index contributed by atoms with van der Waals surface area (Å²) in [6.45, 7) is 0. The number of carboxylic acid groups (broad SMARTS) is 4. The van der Waals surface area contributed by atoms with Crippen molar-refractivity contribution in [1.82, 2.24) is 0 Å². The smallest absolute Gasteiger partial charge is 0.652 e. The molecule has 0 spiro atoms. The first kappa shape index (κ1) is 15.8. The second-order valence-electron chi connectivity index (χ2n) is 0.533. The van der Waals surface area contributed by atoms with E-state index in [1.807, 2.05) is 0 Å². The third-order valence-electron chi connectivity index (χ3n) is 0. The van der Waals surface area contributed by atoms with Crippen LogP contribution in [0, 0.1) is 0 Å². The molecule has 0 aromatic carbocycles. The van der Waals surface area contributed by atoms with E-state index in [2.05, 4.69) is 0 Å². The predicted molar refractivity (Wildman–Crippen MR) is 17.2 cm³/mol. The normalized spacial score (nSPS) is 5.33. The van der Waals surface area contributed by atoms with E-state index in [0.29, 0.717) is 0 Å². The standard InChI is InChI=1S/2CH2O3.Na/c2*2-1(3)4;/h2*(H2,2,3,4);/q;;+1/p-1. The molecular formula is C2H3NaO6. The summed E-state index contributed by atoms with van der Waals surface area (Å²) in [4.78, 5) is 16.9. The number of carbonyl (C=O) groups excluding carboxylic acids is 1. The van der Waals surface area contributed by atoms with Gasteiger partial charge in [-0.3, -0.25) is 0 Å². The first-order valence-corrected chi connectivity index (χ1v) is 1.26. The summed E-state index contributed by atoms with van der Waals surface area (Å²) >= 11 is 0. The summed E-state index contributed by atoms with van der Waals surface area (Å²) in [5.74, 6) is 0. The van der Waals surface area contributed by atoms with Gasteiger partial charge in [-0.15, -0.1) is 0 Å². The van der Waals surface area contributed by atoms with Crippen molar-refractivity contribution in [2.45, 2.75) is 0 Å². The van der Waals surface area contributed by atoms with Crippen molar-refractivity contribution in [1.29, 1.82) is 0 Å².